The van der Waals surface area contributed by atoms with E-state index in [1.807, 2.05) is 0 Å². The lowest BCUT2D eigenvalue weighted by atomic mass is 10.0. The number of carboxylic acids is 1. The largest absolute Gasteiger partial charge is 0.478 e. The van der Waals surface area contributed by atoms with Crippen molar-refractivity contribution >= 4 is 11.7 Å². The van der Waals surface area contributed by atoms with Crippen LogP contribution in [0.15, 0.2) is 12.1 Å². The first kappa shape index (κ1) is 11.6. The Bertz CT molecular complexity index is 504. The van der Waals surface area contributed by atoms with Gasteiger partial charge in [-0.25, -0.2) is 4.79 Å². The lowest BCUT2D eigenvalue weighted by molar-refractivity contribution is -0.384. The van der Waals surface area contributed by atoms with Crippen molar-refractivity contribution in [2.45, 2.75) is 6.54 Å². The molecule has 0 heterocycles. The summed E-state index contributed by atoms with van der Waals surface area (Å²) in [6.07, 6.45) is 0. The second kappa shape index (κ2) is 4.37. The van der Waals surface area contributed by atoms with Gasteiger partial charge in [-0.1, -0.05) is 0 Å². The van der Waals surface area contributed by atoms with E-state index in [-0.39, 0.29) is 28.9 Å². The first-order chi connectivity index (χ1) is 7.51. The van der Waals surface area contributed by atoms with E-state index in [0.29, 0.717) is 0 Å². The molecule has 0 aliphatic rings. The lowest BCUT2D eigenvalue weighted by Gasteiger charge is -2.05. The number of hydrogen-bond acceptors (Lipinski definition) is 5. The first-order valence-corrected chi connectivity index (χ1v) is 4.16. The maximum absolute atomic E-state index is 10.9. The normalized spacial score (nSPS) is 9.50. The number of nitrogens with zero attached hydrogens (tertiary/aromatic N) is 2. The average molecular weight is 221 g/mol. The van der Waals surface area contributed by atoms with Gasteiger partial charge in [0.1, 0.15) is 6.07 Å². The number of nitro benzene ring substituents is 1. The van der Waals surface area contributed by atoms with E-state index in [9.17, 15) is 14.9 Å². The minimum Gasteiger partial charge on any atom is -0.478 e. The van der Waals surface area contributed by atoms with Gasteiger partial charge < -0.3 is 10.8 Å². The summed E-state index contributed by atoms with van der Waals surface area (Å²) in [6, 6.07) is 3.59. The standard InChI is InChI=1S/C9H7N3O4/c10-3-5-1-7(12(15)16)2-6(4-11)8(5)9(13)14/h1-2H,3,10H2,(H,13,14). The third-order valence-electron chi connectivity index (χ3n) is 1.97. The predicted molar refractivity (Wildman–Crippen MR) is 52.7 cm³/mol. The molecule has 0 saturated carbocycles. The van der Waals surface area contributed by atoms with Gasteiger partial charge in [-0.3, -0.25) is 10.1 Å². The number of non-ortho nitro benzene ring substituents is 1. The van der Waals surface area contributed by atoms with Gasteiger partial charge in [0, 0.05) is 18.7 Å². The highest BCUT2D eigenvalue weighted by molar-refractivity contribution is 5.92. The van der Waals surface area contributed by atoms with Crippen LogP contribution in [0.4, 0.5) is 5.69 Å². The second-order valence-corrected chi connectivity index (χ2v) is 2.91. The van der Waals surface area contributed by atoms with Gasteiger partial charge in [-0.15, -0.1) is 0 Å². The molecule has 7 nitrogen and oxygen atoms in total. The minimum atomic E-state index is -1.33. The molecule has 1 aromatic carbocycles. The molecule has 0 atom stereocenters. The summed E-state index contributed by atoms with van der Waals surface area (Å²) in [5.74, 6) is -1.33. The molecule has 0 unspecified atom stereocenters. The molecule has 0 radical (unpaired) electrons. The van der Waals surface area contributed by atoms with Crippen molar-refractivity contribution in [1.29, 1.82) is 5.26 Å². The number of rotatable bonds is 3. The number of nitriles is 1. The Morgan fingerprint density at radius 3 is 2.62 bits per heavy atom. The van der Waals surface area contributed by atoms with Crippen LogP contribution in [0.2, 0.25) is 0 Å². The SMILES string of the molecule is N#Cc1cc([N+](=O)[O-])cc(CN)c1C(=O)O. The van der Waals surface area contributed by atoms with Crippen LogP contribution in [0.1, 0.15) is 21.5 Å². The van der Waals surface area contributed by atoms with Crippen LogP contribution in [0, 0.1) is 21.4 Å². The molecule has 16 heavy (non-hydrogen) atoms. The molecule has 82 valence electrons. The average Bonchev–Trinajstić information content (AvgIpc) is 2.26. The van der Waals surface area contributed by atoms with Gasteiger partial charge in [0.15, 0.2) is 0 Å². The highest BCUT2D eigenvalue weighted by atomic mass is 16.6. The summed E-state index contributed by atoms with van der Waals surface area (Å²) >= 11 is 0. The molecule has 0 aromatic heterocycles. The van der Waals surface area contributed by atoms with E-state index in [2.05, 4.69) is 0 Å². The molecular formula is C9H7N3O4. The van der Waals surface area contributed by atoms with E-state index in [4.69, 9.17) is 16.1 Å². The van der Waals surface area contributed by atoms with Gasteiger partial charge >= 0.3 is 5.97 Å². The molecule has 3 N–H and O–H groups in total. The van der Waals surface area contributed by atoms with Crippen molar-refractivity contribution in [3.8, 4) is 6.07 Å². The zero-order chi connectivity index (χ0) is 12.3. The molecule has 7 heteroatoms. The monoisotopic (exact) mass is 221 g/mol. The minimum absolute atomic E-state index is 0.0678. The van der Waals surface area contributed by atoms with E-state index >= 15 is 0 Å². The molecular weight excluding hydrogens is 214 g/mol. The van der Waals surface area contributed by atoms with Crippen LogP contribution in [0.25, 0.3) is 0 Å². The van der Waals surface area contributed by atoms with Crippen molar-refractivity contribution in [2.24, 2.45) is 5.73 Å². The second-order valence-electron chi connectivity index (χ2n) is 2.91. The van der Waals surface area contributed by atoms with Crippen LogP contribution < -0.4 is 5.73 Å². The molecule has 1 aromatic rings. The van der Waals surface area contributed by atoms with Crippen molar-refractivity contribution in [2.75, 3.05) is 0 Å². The molecule has 0 spiro atoms. The van der Waals surface area contributed by atoms with Gasteiger partial charge in [-0.05, 0) is 5.56 Å². The van der Waals surface area contributed by atoms with Crippen molar-refractivity contribution in [1.82, 2.24) is 0 Å². The molecule has 0 bridgehead atoms. The fraction of sp³-hybridized carbons (Fsp3) is 0.111. The van der Waals surface area contributed by atoms with Crippen LogP contribution in [0.5, 0.6) is 0 Å². The predicted octanol–water partition coefficient (Wildman–Crippen LogP) is 0.623. The van der Waals surface area contributed by atoms with Gasteiger partial charge in [-0.2, -0.15) is 5.26 Å². The Hall–Kier alpha value is -2.46. The quantitative estimate of drug-likeness (QED) is 0.568. The third kappa shape index (κ3) is 1.97. The number of carboxylic acid groups (broad SMARTS) is 1. The Morgan fingerprint density at radius 1 is 1.62 bits per heavy atom. The molecule has 0 amide bonds. The highest BCUT2D eigenvalue weighted by Crippen LogP contribution is 2.22. The fourth-order valence-corrected chi connectivity index (χ4v) is 1.29. The summed E-state index contributed by atoms with van der Waals surface area (Å²) in [5.41, 5.74) is 4.46. The summed E-state index contributed by atoms with van der Waals surface area (Å²) in [6.45, 7) is -0.183. The fourth-order valence-electron chi connectivity index (χ4n) is 1.29. The van der Waals surface area contributed by atoms with Gasteiger partial charge in [0.05, 0.1) is 16.1 Å². The molecule has 0 aliphatic carbocycles. The number of hydrogen-bond donors (Lipinski definition) is 2. The smallest absolute Gasteiger partial charge is 0.337 e. The van der Waals surface area contributed by atoms with E-state index in [0.717, 1.165) is 12.1 Å². The zero-order valence-electron chi connectivity index (χ0n) is 8.01. The summed E-state index contributed by atoms with van der Waals surface area (Å²) in [4.78, 5) is 20.7. The number of nitrogens with two attached hydrogens (primary N) is 1. The number of nitro groups is 1. The summed E-state index contributed by atoms with van der Waals surface area (Å²) in [7, 11) is 0. The summed E-state index contributed by atoms with van der Waals surface area (Å²) < 4.78 is 0. The molecule has 0 saturated heterocycles. The number of aromatic carboxylic acids is 1. The first-order valence-electron chi connectivity index (χ1n) is 4.16. The van der Waals surface area contributed by atoms with Gasteiger partial charge in [0.25, 0.3) is 5.69 Å². The highest BCUT2D eigenvalue weighted by Gasteiger charge is 2.20. The Labute approximate surface area is 89.9 Å². The Morgan fingerprint density at radius 2 is 2.25 bits per heavy atom. The van der Waals surface area contributed by atoms with E-state index in [1.165, 1.54) is 0 Å². The van der Waals surface area contributed by atoms with Crippen LogP contribution >= 0.6 is 0 Å². The summed E-state index contributed by atoms with van der Waals surface area (Å²) in [5, 5.41) is 28.1. The number of benzene rings is 1. The molecule has 1 rings (SSSR count). The maximum Gasteiger partial charge on any atom is 0.337 e. The van der Waals surface area contributed by atoms with Crippen molar-refractivity contribution in [3.05, 3.63) is 38.9 Å². The number of carbonyl (C=O) groups is 1. The van der Waals surface area contributed by atoms with E-state index in [1.54, 1.807) is 6.07 Å². The van der Waals surface area contributed by atoms with Gasteiger partial charge in [0.2, 0.25) is 0 Å². The third-order valence-corrected chi connectivity index (χ3v) is 1.97. The van der Waals surface area contributed by atoms with Crippen LogP contribution in [-0.2, 0) is 6.54 Å². The topological polar surface area (TPSA) is 130 Å². The molecule has 0 aliphatic heterocycles. The lowest BCUT2D eigenvalue weighted by Crippen LogP contribution is -2.10. The van der Waals surface area contributed by atoms with Crippen LogP contribution in [-0.4, -0.2) is 16.0 Å². The zero-order valence-corrected chi connectivity index (χ0v) is 8.01. The van der Waals surface area contributed by atoms with Crippen molar-refractivity contribution < 1.29 is 14.8 Å². The Kier molecular flexibility index (Phi) is 3.17. The van der Waals surface area contributed by atoms with Crippen LogP contribution in [0.3, 0.4) is 0 Å². The van der Waals surface area contributed by atoms with E-state index < -0.39 is 10.9 Å². The Balaban J connectivity index is 3.57. The van der Waals surface area contributed by atoms with Crippen molar-refractivity contribution in [3.63, 3.8) is 0 Å². The maximum atomic E-state index is 10.9. The molecule has 0 fully saturated rings.